The van der Waals surface area contributed by atoms with Crippen LogP contribution in [0.25, 0.3) is 0 Å². The van der Waals surface area contributed by atoms with E-state index in [1.165, 1.54) is 18.9 Å². The molecular weight excluding hydrogens is 227 g/mol. The van der Waals surface area contributed by atoms with Gasteiger partial charge in [-0.3, -0.25) is 4.90 Å². The highest BCUT2D eigenvalue weighted by Crippen LogP contribution is 2.36. The van der Waals surface area contributed by atoms with Crippen molar-refractivity contribution in [1.82, 2.24) is 4.90 Å². The number of hydrogen-bond acceptors (Lipinski definition) is 2. The fraction of sp³-hybridized carbons (Fsp3) is 0.600. The lowest BCUT2D eigenvalue weighted by Gasteiger charge is -2.38. The minimum Gasteiger partial charge on any atom is -0.329 e. The molecule has 2 N–H and O–H groups in total. The molecule has 1 unspecified atom stereocenters. The Labute approximate surface area is 109 Å². The van der Waals surface area contributed by atoms with Crippen LogP contribution in [0.1, 0.15) is 43.9 Å². The predicted octanol–water partition coefficient (Wildman–Crippen LogP) is 3.01. The van der Waals surface area contributed by atoms with E-state index in [9.17, 15) is 4.39 Å². The number of hydrogen-bond donors (Lipinski definition) is 1. The molecule has 1 fully saturated rings. The minimum atomic E-state index is -0.173. The summed E-state index contributed by atoms with van der Waals surface area (Å²) >= 11 is 0. The molecule has 2 rings (SSSR count). The molecule has 1 aliphatic rings. The van der Waals surface area contributed by atoms with Crippen LogP contribution in [0.4, 0.5) is 4.39 Å². The third-order valence-corrected chi connectivity index (χ3v) is 4.16. The maximum atomic E-state index is 13.2. The normalized spacial score (nSPS) is 21.2. The highest BCUT2D eigenvalue weighted by Gasteiger charge is 2.37. The molecule has 0 saturated carbocycles. The zero-order chi connectivity index (χ0) is 13.3. The first-order valence-electron chi connectivity index (χ1n) is 6.68. The zero-order valence-corrected chi connectivity index (χ0v) is 11.5. The van der Waals surface area contributed by atoms with Gasteiger partial charge in [-0.25, -0.2) is 4.39 Å². The summed E-state index contributed by atoms with van der Waals surface area (Å²) in [5, 5.41) is 0. The van der Waals surface area contributed by atoms with Crippen LogP contribution in [0.3, 0.4) is 0 Å². The Bertz CT molecular complexity index is 429. The van der Waals surface area contributed by atoms with Crippen LogP contribution in [0, 0.1) is 12.7 Å². The number of nitrogens with two attached hydrogens (primary N) is 1. The fourth-order valence-corrected chi connectivity index (χ4v) is 3.14. The monoisotopic (exact) mass is 250 g/mol. The molecular formula is C15H23FN2. The van der Waals surface area contributed by atoms with Crippen LogP contribution in [-0.4, -0.2) is 23.5 Å². The van der Waals surface area contributed by atoms with Crippen molar-refractivity contribution in [2.45, 2.75) is 45.2 Å². The lowest BCUT2D eigenvalue weighted by Crippen LogP contribution is -2.43. The number of rotatable bonds is 3. The van der Waals surface area contributed by atoms with Crippen molar-refractivity contribution in [3.63, 3.8) is 0 Å². The van der Waals surface area contributed by atoms with Crippen molar-refractivity contribution in [3.05, 3.63) is 35.1 Å². The molecule has 2 nitrogen and oxygen atoms in total. The van der Waals surface area contributed by atoms with Crippen LogP contribution in [0.2, 0.25) is 0 Å². The first kappa shape index (κ1) is 13.5. The second-order valence-electron chi connectivity index (χ2n) is 5.86. The molecule has 1 aromatic rings. The second kappa shape index (κ2) is 4.98. The largest absolute Gasteiger partial charge is 0.329 e. The summed E-state index contributed by atoms with van der Waals surface area (Å²) in [7, 11) is 0. The van der Waals surface area contributed by atoms with Crippen LogP contribution in [-0.2, 0) is 0 Å². The van der Waals surface area contributed by atoms with Crippen molar-refractivity contribution in [2.24, 2.45) is 5.73 Å². The molecule has 1 heterocycles. The molecule has 0 aliphatic carbocycles. The highest BCUT2D eigenvalue weighted by molar-refractivity contribution is 5.30. The van der Waals surface area contributed by atoms with E-state index in [0.29, 0.717) is 6.54 Å². The number of aryl methyl sites for hydroxylation is 1. The Balaban J connectivity index is 2.33. The van der Waals surface area contributed by atoms with Crippen LogP contribution < -0.4 is 5.73 Å². The van der Waals surface area contributed by atoms with Gasteiger partial charge in [-0.2, -0.15) is 0 Å². The maximum Gasteiger partial charge on any atom is 0.123 e. The highest BCUT2D eigenvalue weighted by atomic mass is 19.1. The standard InChI is InChI=1S/C15H23FN2/c1-11-9-12(16)5-6-13(11)14(10-17)18-8-4-7-15(18,2)3/h5-6,9,14H,4,7-8,10,17H2,1-3H3. The molecule has 3 heteroatoms. The van der Waals surface area contributed by atoms with Gasteiger partial charge < -0.3 is 5.73 Å². The van der Waals surface area contributed by atoms with Crippen molar-refractivity contribution in [2.75, 3.05) is 13.1 Å². The first-order valence-corrected chi connectivity index (χ1v) is 6.68. The van der Waals surface area contributed by atoms with Gasteiger partial charge in [-0.05, 0) is 63.4 Å². The van der Waals surface area contributed by atoms with Gasteiger partial charge in [0.05, 0.1) is 0 Å². The van der Waals surface area contributed by atoms with E-state index in [1.807, 2.05) is 13.0 Å². The van der Waals surface area contributed by atoms with E-state index < -0.39 is 0 Å². The van der Waals surface area contributed by atoms with Gasteiger partial charge in [0.2, 0.25) is 0 Å². The summed E-state index contributed by atoms with van der Waals surface area (Å²) in [5.41, 5.74) is 8.32. The average molecular weight is 250 g/mol. The van der Waals surface area contributed by atoms with Crippen LogP contribution in [0.15, 0.2) is 18.2 Å². The number of benzene rings is 1. The summed E-state index contributed by atoms with van der Waals surface area (Å²) in [5.74, 6) is -0.173. The van der Waals surface area contributed by atoms with Gasteiger partial charge in [0.25, 0.3) is 0 Å². The summed E-state index contributed by atoms with van der Waals surface area (Å²) in [6, 6.07) is 5.22. The van der Waals surface area contributed by atoms with Gasteiger partial charge in [0.1, 0.15) is 5.82 Å². The zero-order valence-electron chi connectivity index (χ0n) is 11.5. The van der Waals surface area contributed by atoms with E-state index in [-0.39, 0.29) is 17.4 Å². The summed E-state index contributed by atoms with van der Waals surface area (Å²) in [6.07, 6.45) is 2.41. The fourth-order valence-electron chi connectivity index (χ4n) is 3.14. The predicted molar refractivity (Wildman–Crippen MR) is 73.0 cm³/mol. The summed E-state index contributed by atoms with van der Waals surface area (Å²) < 4.78 is 13.2. The van der Waals surface area contributed by atoms with Gasteiger partial charge in [-0.15, -0.1) is 0 Å². The van der Waals surface area contributed by atoms with Crippen LogP contribution >= 0.6 is 0 Å². The Hall–Kier alpha value is -0.930. The molecule has 1 aromatic carbocycles. The molecule has 1 saturated heterocycles. The Morgan fingerprint density at radius 2 is 2.17 bits per heavy atom. The smallest absolute Gasteiger partial charge is 0.123 e. The Morgan fingerprint density at radius 1 is 1.44 bits per heavy atom. The molecule has 0 bridgehead atoms. The molecule has 0 amide bonds. The Kier molecular flexibility index (Phi) is 3.74. The quantitative estimate of drug-likeness (QED) is 0.893. The second-order valence-corrected chi connectivity index (χ2v) is 5.86. The maximum absolute atomic E-state index is 13.2. The van der Waals surface area contributed by atoms with Crippen molar-refractivity contribution < 1.29 is 4.39 Å². The molecule has 0 radical (unpaired) electrons. The van der Waals surface area contributed by atoms with Crippen molar-refractivity contribution in [3.8, 4) is 0 Å². The molecule has 18 heavy (non-hydrogen) atoms. The van der Waals surface area contributed by atoms with E-state index in [2.05, 4.69) is 18.7 Å². The SMILES string of the molecule is Cc1cc(F)ccc1C(CN)N1CCCC1(C)C. The third-order valence-electron chi connectivity index (χ3n) is 4.16. The van der Waals surface area contributed by atoms with Crippen molar-refractivity contribution >= 4 is 0 Å². The van der Waals surface area contributed by atoms with Crippen LogP contribution in [0.5, 0.6) is 0 Å². The molecule has 0 aromatic heterocycles. The molecule has 0 spiro atoms. The lowest BCUT2D eigenvalue weighted by atomic mass is 9.95. The summed E-state index contributed by atoms with van der Waals surface area (Å²) in [6.45, 7) is 8.15. The van der Waals surface area contributed by atoms with Gasteiger partial charge in [-0.1, -0.05) is 6.07 Å². The summed E-state index contributed by atoms with van der Waals surface area (Å²) in [4.78, 5) is 2.47. The molecule has 1 aliphatic heterocycles. The minimum absolute atomic E-state index is 0.173. The first-order chi connectivity index (χ1) is 8.45. The van der Waals surface area contributed by atoms with E-state index >= 15 is 0 Å². The van der Waals surface area contributed by atoms with Gasteiger partial charge in [0, 0.05) is 18.1 Å². The van der Waals surface area contributed by atoms with Gasteiger partial charge >= 0.3 is 0 Å². The average Bonchev–Trinajstić information content (AvgIpc) is 2.63. The molecule has 1 atom stereocenters. The van der Waals surface area contributed by atoms with Gasteiger partial charge in [0.15, 0.2) is 0 Å². The number of likely N-dealkylation sites (tertiary alicyclic amines) is 1. The number of halogens is 1. The van der Waals surface area contributed by atoms with E-state index in [4.69, 9.17) is 5.73 Å². The Morgan fingerprint density at radius 3 is 2.67 bits per heavy atom. The van der Waals surface area contributed by atoms with E-state index in [0.717, 1.165) is 17.7 Å². The van der Waals surface area contributed by atoms with Crippen molar-refractivity contribution in [1.29, 1.82) is 0 Å². The number of nitrogens with zero attached hydrogens (tertiary/aromatic N) is 1. The van der Waals surface area contributed by atoms with E-state index in [1.54, 1.807) is 6.07 Å². The third kappa shape index (κ3) is 2.43. The topological polar surface area (TPSA) is 29.3 Å². The lowest BCUT2D eigenvalue weighted by molar-refractivity contribution is 0.118. The molecule has 100 valence electrons.